The summed E-state index contributed by atoms with van der Waals surface area (Å²) < 4.78 is 0. The van der Waals surface area contributed by atoms with Gasteiger partial charge in [-0.25, -0.2) is 0 Å². The maximum absolute atomic E-state index is 12.8. The molecule has 0 spiro atoms. The number of carbonyl (C=O) groups is 1. The minimum Gasteiger partial charge on any atom is -0.308 e. The molecule has 3 nitrogen and oxygen atoms in total. The third-order valence-electron chi connectivity index (χ3n) is 4.56. The van der Waals surface area contributed by atoms with Gasteiger partial charge in [-0.15, -0.1) is 0 Å². The van der Waals surface area contributed by atoms with Gasteiger partial charge in [-0.1, -0.05) is 25.1 Å². The van der Waals surface area contributed by atoms with Gasteiger partial charge < -0.3 is 10.2 Å². The number of para-hydroxylation sites is 1. The third kappa shape index (κ3) is 2.16. The van der Waals surface area contributed by atoms with Crippen molar-refractivity contribution in [3.63, 3.8) is 0 Å². The number of fused-ring (bicyclic) bond motifs is 1. The molecule has 0 saturated carbocycles. The van der Waals surface area contributed by atoms with E-state index in [1.807, 2.05) is 11.0 Å². The fourth-order valence-corrected chi connectivity index (χ4v) is 3.34. The lowest BCUT2D eigenvalue weighted by atomic mass is 9.94. The minimum absolute atomic E-state index is 0.00592. The summed E-state index contributed by atoms with van der Waals surface area (Å²) >= 11 is 0. The summed E-state index contributed by atoms with van der Waals surface area (Å²) in [6.07, 6.45) is 3.24. The van der Waals surface area contributed by atoms with Crippen LogP contribution in [0.5, 0.6) is 0 Å². The highest BCUT2D eigenvalue weighted by Gasteiger charge is 2.36. The second kappa shape index (κ2) is 4.97. The van der Waals surface area contributed by atoms with Gasteiger partial charge in [-0.3, -0.25) is 4.79 Å². The molecule has 1 aromatic rings. The largest absolute Gasteiger partial charge is 0.308 e. The first-order valence-electron chi connectivity index (χ1n) is 7.33. The fraction of sp³-hybridized carbons (Fsp3) is 0.562. The van der Waals surface area contributed by atoms with Gasteiger partial charge in [0, 0.05) is 11.7 Å². The lowest BCUT2D eigenvalue weighted by Crippen LogP contribution is -2.51. The highest BCUT2D eigenvalue weighted by atomic mass is 16.2. The molecule has 102 valence electrons. The normalized spacial score (nSPS) is 30.2. The van der Waals surface area contributed by atoms with Crippen molar-refractivity contribution in [3.8, 4) is 0 Å². The van der Waals surface area contributed by atoms with E-state index in [0.717, 1.165) is 31.5 Å². The number of nitrogens with one attached hydrogen (secondary N) is 1. The van der Waals surface area contributed by atoms with Gasteiger partial charge in [0.15, 0.2) is 0 Å². The molecule has 2 aliphatic rings. The second-order valence-corrected chi connectivity index (χ2v) is 5.92. The quantitative estimate of drug-likeness (QED) is 0.838. The molecule has 1 aromatic carbocycles. The van der Waals surface area contributed by atoms with Gasteiger partial charge in [-0.2, -0.15) is 0 Å². The van der Waals surface area contributed by atoms with Crippen molar-refractivity contribution >= 4 is 11.6 Å². The first-order valence-corrected chi connectivity index (χ1v) is 7.33. The molecule has 1 amide bonds. The molecule has 3 unspecified atom stereocenters. The number of anilines is 1. The van der Waals surface area contributed by atoms with Crippen LogP contribution >= 0.6 is 0 Å². The zero-order valence-corrected chi connectivity index (χ0v) is 11.7. The Morgan fingerprint density at radius 2 is 2.05 bits per heavy atom. The highest BCUT2D eigenvalue weighted by molar-refractivity contribution is 5.99. The van der Waals surface area contributed by atoms with Crippen LogP contribution in [-0.4, -0.2) is 24.5 Å². The van der Waals surface area contributed by atoms with Crippen molar-refractivity contribution < 1.29 is 4.79 Å². The van der Waals surface area contributed by atoms with Gasteiger partial charge in [0.25, 0.3) is 0 Å². The second-order valence-electron chi connectivity index (χ2n) is 5.92. The van der Waals surface area contributed by atoms with Gasteiger partial charge in [0.05, 0.1) is 6.04 Å². The van der Waals surface area contributed by atoms with E-state index in [9.17, 15) is 4.79 Å². The Morgan fingerprint density at radius 1 is 1.26 bits per heavy atom. The summed E-state index contributed by atoms with van der Waals surface area (Å²) in [4.78, 5) is 14.9. The number of hydrogen-bond acceptors (Lipinski definition) is 2. The lowest BCUT2D eigenvalue weighted by Gasteiger charge is -2.37. The molecule has 0 bridgehead atoms. The molecule has 3 heteroatoms. The number of hydrogen-bond donors (Lipinski definition) is 1. The molecule has 3 rings (SSSR count). The predicted molar refractivity (Wildman–Crippen MR) is 77.3 cm³/mol. The number of rotatable bonds is 1. The van der Waals surface area contributed by atoms with E-state index < -0.39 is 0 Å². The lowest BCUT2D eigenvalue weighted by molar-refractivity contribution is -0.121. The van der Waals surface area contributed by atoms with Gasteiger partial charge >= 0.3 is 0 Å². The number of benzene rings is 1. The van der Waals surface area contributed by atoms with E-state index in [1.165, 1.54) is 5.56 Å². The Kier molecular flexibility index (Phi) is 3.31. The number of nitrogens with zero attached hydrogens (tertiary/aromatic N) is 1. The predicted octanol–water partition coefficient (Wildman–Crippen LogP) is 2.35. The summed E-state index contributed by atoms with van der Waals surface area (Å²) in [6.45, 7) is 5.29. The Morgan fingerprint density at radius 3 is 2.79 bits per heavy atom. The molecular formula is C16H22N2O. The molecule has 19 heavy (non-hydrogen) atoms. The molecule has 0 radical (unpaired) electrons. The fourth-order valence-electron chi connectivity index (χ4n) is 3.34. The van der Waals surface area contributed by atoms with Crippen LogP contribution in [0.4, 0.5) is 5.69 Å². The van der Waals surface area contributed by atoms with Crippen molar-refractivity contribution in [3.05, 3.63) is 29.8 Å². The van der Waals surface area contributed by atoms with Crippen LogP contribution in [0, 0.1) is 5.92 Å². The molecule has 1 fully saturated rings. The Bertz CT molecular complexity index is 485. The van der Waals surface area contributed by atoms with Crippen LogP contribution in [0.3, 0.4) is 0 Å². The van der Waals surface area contributed by atoms with Gasteiger partial charge in [0.1, 0.15) is 0 Å². The van der Waals surface area contributed by atoms with Gasteiger partial charge in [-0.05, 0) is 50.3 Å². The number of amides is 1. The minimum atomic E-state index is -0.00592. The summed E-state index contributed by atoms with van der Waals surface area (Å²) in [5.41, 5.74) is 2.42. The Balaban J connectivity index is 1.93. The van der Waals surface area contributed by atoms with Crippen LogP contribution in [0.2, 0.25) is 0 Å². The van der Waals surface area contributed by atoms with Crippen molar-refractivity contribution in [1.82, 2.24) is 5.32 Å². The zero-order chi connectivity index (χ0) is 13.4. The summed E-state index contributed by atoms with van der Waals surface area (Å²) in [5.74, 6) is 0.693. The molecule has 2 heterocycles. The molecule has 0 aliphatic carbocycles. The van der Waals surface area contributed by atoms with E-state index in [-0.39, 0.29) is 11.9 Å². The molecule has 3 atom stereocenters. The van der Waals surface area contributed by atoms with Crippen LogP contribution in [0.25, 0.3) is 0 Å². The Labute approximate surface area is 115 Å². The number of aryl methyl sites for hydroxylation is 1. The zero-order valence-electron chi connectivity index (χ0n) is 11.7. The van der Waals surface area contributed by atoms with E-state index in [4.69, 9.17) is 0 Å². The van der Waals surface area contributed by atoms with Crippen LogP contribution in [-0.2, 0) is 11.2 Å². The average molecular weight is 258 g/mol. The molecular weight excluding hydrogens is 236 g/mol. The topological polar surface area (TPSA) is 32.3 Å². The molecule has 1 saturated heterocycles. The first-order chi connectivity index (χ1) is 9.18. The van der Waals surface area contributed by atoms with E-state index in [1.54, 1.807) is 0 Å². The average Bonchev–Trinajstić information content (AvgIpc) is 2.84. The van der Waals surface area contributed by atoms with Crippen LogP contribution in [0.1, 0.15) is 32.3 Å². The summed E-state index contributed by atoms with van der Waals surface area (Å²) in [5, 5.41) is 3.36. The summed E-state index contributed by atoms with van der Waals surface area (Å²) in [7, 11) is 0. The number of carbonyl (C=O) groups excluding carboxylic acids is 1. The van der Waals surface area contributed by atoms with Crippen LogP contribution < -0.4 is 10.2 Å². The standard InChI is InChI=1S/C16H22N2O/c1-11-9-10-17-15(11)16(19)18-12(2)7-8-13-5-3-4-6-14(13)18/h3-6,11-12,15,17H,7-10H2,1-2H3. The van der Waals surface area contributed by atoms with E-state index in [2.05, 4.69) is 37.4 Å². The van der Waals surface area contributed by atoms with E-state index >= 15 is 0 Å². The summed E-state index contributed by atoms with van der Waals surface area (Å²) in [6, 6.07) is 8.62. The Hall–Kier alpha value is -1.35. The SMILES string of the molecule is CC1CCNC1C(=O)N1c2ccccc2CCC1C. The van der Waals surface area contributed by atoms with Gasteiger partial charge in [0.2, 0.25) is 5.91 Å². The van der Waals surface area contributed by atoms with Crippen molar-refractivity contribution in [2.75, 3.05) is 11.4 Å². The first kappa shape index (κ1) is 12.7. The highest BCUT2D eigenvalue weighted by Crippen LogP contribution is 2.32. The molecule has 2 aliphatic heterocycles. The maximum atomic E-state index is 12.8. The van der Waals surface area contributed by atoms with Crippen molar-refractivity contribution in [2.45, 2.75) is 45.2 Å². The maximum Gasteiger partial charge on any atom is 0.244 e. The monoisotopic (exact) mass is 258 g/mol. The third-order valence-corrected chi connectivity index (χ3v) is 4.56. The van der Waals surface area contributed by atoms with E-state index in [0.29, 0.717) is 12.0 Å². The molecule has 1 N–H and O–H groups in total. The molecule has 0 aromatic heterocycles. The smallest absolute Gasteiger partial charge is 0.244 e. The van der Waals surface area contributed by atoms with Crippen LogP contribution in [0.15, 0.2) is 24.3 Å². The van der Waals surface area contributed by atoms with Crippen molar-refractivity contribution in [1.29, 1.82) is 0 Å². The van der Waals surface area contributed by atoms with Crippen molar-refractivity contribution in [2.24, 2.45) is 5.92 Å².